The molecular weight excluding hydrogens is 446 g/mol. The molecule has 0 atom stereocenters. The first-order chi connectivity index (χ1) is 15.7. The topological polar surface area (TPSA) is 56.8 Å². The number of carbonyl (C=O) groups is 2. The van der Waals surface area contributed by atoms with E-state index in [9.17, 15) is 18.4 Å². The van der Waals surface area contributed by atoms with Gasteiger partial charge < -0.3 is 14.7 Å². The number of anilines is 1. The average molecular weight is 479 g/mol. The molecule has 0 fully saturated rings. The van der Waals surface area contributed by atoms with Crippen molar-refractivity contribution < 1.29 is 18.4 Å². The monoisotopic (exact) mass is 478 g/mol. The van der Waals surface area contributed by atoms with Gasteiger partial charge in [0.15, 0.2) is 11.6 Å². The van der Waals surface area contributed by atoms with Crippen molar-refractivity contribution in [3.8, 4) is 0 Å². The number of aryl methyl sites for hydroxylation is 1. The molecule has 9 heteroatoms. The minimum atomic E-state index is -1.00. The van der Waals surface area contributed by atoms with E-state index in [2.05, 4.69) is 23.7 Å². The number of halogens is 2. The van der Waals surface area contributed by atoms with Crippen LogP contribution in [0.5, 0.6) is 0 Å². The van der Waals surface area contributed by atoms with Crippen LogP contribution in [-0.2, 0) is 11.3 Å². The number of nitrogens with zero attached hydrogens (tertiary/aromatic N) is 4. The van der Waals surface area contributed by atoms with Crippen molar-refractivity contribution in [2.75, 3.05) is 31.1 Å². The standard InChI is InChI=1S/C24H32F2N4O2S/c1-5-22(31)30-11-7-9-28(16(2)3)8-6-10-29(24(32)23-17(4)27-15-33-23)14-18-12-19(25)20(26)13-21(18)30/h12-13,15-16H,5-11,14H2,1-4H3. The third-order valence-electron chi connectivity index (χ3n) is 6.03. The van der Waals surface area contributed by atoms with Crippen LogP contribution in [0.2, 0.25) is 0 Å². The molecule has 180 valence electrons. The minimum Gasteiger partial charge on any atom is -0.333 e. The van der Waals surface area contributed by atoms with E-state index in [0.717, 1.165) is 31.6 Å². The summed E-state index contributed by atoms with van der Waals surface area (Å²) in [6.07, 6.45) is 1.71. The fourth-order valence-electron chi connectivity index (χ4n) is 4.16. The molecule has 1 aromatic carbocycles. The lowest BCUT2D eigenvalue weighted by Gasteiger charge is -2.33. The van der Waals surface area contributed by atoms with Gasteiger partial charge in [0.25, 0.3) is 5.91 Å². The maximum atomic E-state index is 14.3. The molecule has 1 aromatic heterocycles. The van der Waals surface area contributed by atoms with Crippen LogP contribution in [0.25, 0.3) is 0 Å². The molecule has 0 spiro atoms. The fraction of sp³-hybridized carbons (Fsp3) is 0.542. The molecule has 3 rings (SSSR count). The quantitative estimate of drug-likeness (QED) is 0.646. The largest absolute Gasteiger partial charge is 0.333 e. The van der Waals surface area contributed by atoms with Crippen LogP contribution in [0, 0.1) is 18.6 Å². The second-order valence-electron chi connectivity index (χ2n) is 8.62. The molecule has 0 N–H and O–H groups in total. The molecule has 0 bridgehead atoms. The van der Waals surface area contributed by atoms with Gasteiger partial charge >= 0.3 is 0 Å². The molecular formula is C24H32F2N4O2S. The second kappa shape index (κ2) is 11.2. The molecule has 1 aliphatic heterocycles. The number of hydrogen-bond donors (Lipinski definition) is 0. The van der Waals surface area contributed by atoms with E-state index in [1.165, 1.54) is 11.3 Å². The van der Waals surface area contributed by atoms with Gasteiger partial charge in [-0.2, -0.15) is 0 Å². The molecule has 1 aliphatic rings. The summed E-state index contributed by atoms with van der Waals surface area (Å²) >= 11 is 1.27. The predicted molar refractivity (Wildman–Crippen MR) is 127 cm³/mol. The van der Waals surface area contributed by atoms with Crippen LogP contribution in [0.3, 0.4) is 0 Å². The fourth-order valence-corrected chi connectivity index (χ4v) is 4.93. The normalized spacial score (nSPS) is 16.3. The molecule has 0 saturated carbocycles. The summed E-state index contributed by atoms with van der Waals surface area (Å²) in [5.74, 6) is -2.34. The SMILES string of the molecule is CCC(=O)N1CCCN(C(C)C)CCCN(C(=O)c2scnc2C)Cc2cc(F)c(F)cc21. The Balaban J connectivity index is 2.06. The number of rotatable bonds is 3. The highest BCUT2D eigenvalue weighted by atomic mass is 32.1. The average Bonchev–Trinajstić information content (AvgIpc) is 3.20. The van der Waals surface area contributed by atoms with Gasteiger partial charge in [-0.05, 0) is 45.2 Å². The van der Waals surface area contributed by atoms with Crippen molar-refractivity contribution in [1.82, 2.24) is 14.8 Å². The molecule has 0 radical (unpaired) electrons. The Bertz CT molecular complexity index is 995. The summed E-state index contributed by atoms with van der Waals surface area (Å²) in [5, 5.41) is 0. The molecule has 6 nitrogen and oxygen atoms in total. The number of amides is 2. The molecule has 0 aliphatic carbocycles. The maximum absolute atomic E-state index is 14.3. The Kier molecular flexibility index (Phi) is 8.53. The highest BCUT2D eigenvalue weighted by Crippen LogP contribution is 2.28. The number of hydrogen-bond acceptors (Lipinski definition) is 5. The van der Waals surface area contributed by atoms with E-state index in [1.807, 2.05) is 0 Å². The van der Waals surface area contributed by atoms with Crippen molar-refractivity contribution in [3.63, 3.8) is 0 Å². The second-order valence-corrected chi connectivity index (χ2v) is 9.48. The number of carbonyl (C=O) groups excluding carboxylic acids is 2. The van der Waals surface area contributed by atoms with E-state index in [1.54, 1.807) is 29.2 Å². The van der Waals surface area contributed by atoms with Gasteiger partial charge in [-0.15, -0.1) is 11.3 Å². The Hall–Kier alpha value is -2.39. The lowest BCUT2D eigenvalue weighted by atomic mass is 10.1. The highest BCUT2D eigenvalue weighted by Gasteiger charge is 2.26. The van der Waals surface area contributed by atoms with Gasteiger partial charge in [-0.1, -0.05) is 6.92 Å². The Morgan fingerprint density at radius 3 is 2.36 bits per heavy atom. The van der Waals surface area contributed by atoms with E-state index in [4.69, 9.17) is 0 Å². The smallest absolute Gasteiger partial charge is 0.266 e. The first-order valence-corrected chi connectivity index (χ1v) is 12.3. The Morgan fingerprint density at radius 1 is 1.09 bits per heavy atom. The van der Waals surface area contributed by atoms with E-state index in [0.29, 0.717) is 47.4 Å². The molecule has 2 aromatic rings. The number of thiazole rings is 1. The van der Waals surface area contributed by atoms with Crippen molar-refractivity contribution in [3.05, 3.63) is 45.4 Å². The molecule has 33 heavy (non-hydrogen) atoms. The van der Waals surface area contributed by atoms with Gasteiger partial charge in [0.2, 0.25) is 5.91 Å². The number of benzene rings is 1. The summed E-state index contributed by atoms with van der Waals surface area (Å²) in [4.78, 5) is 36.4. The van der Waals surface area contributed by atoms with Crippen LogP contribution in [0.4, 0.5) is 14.5 Å². The zero-order valence-corrected chi connectivity index (χ0v) is 20.6. The van der Waals surface area contributed by atoms with E-state index in [-0.39, 0.29) is 24.8 Å². The zero-order chi connectivity index (χ0) is 24.1. The van der Waals surface area contributed by atoms with Gasteiger partial charge in [-0.25, -0.2) is 13.8 Å². The zero-order valence-electron chi connectivity index (χ0n) is 19.7. The Morgan fingerprint density at radius 2 is 1.76 bits per heavy atom. The summed E-state index contributed by atoms with van der Waals surface area (Å²) in [6.45, 7) is 10.3. The third kappa shape index (κ3) is 5.95. The van der Waals surface area contributed by atoms with Crippen molar-refractivity contribution in [1.29, 1.82) is 0 Å². The predicted octanol–water partition coefficient (Wildman–Crippen LogP) is 4.62. The van der Waals surface area contributed by atoms with Gasteiger partial charge in [0.1, 0.15) is 4.88 Å². The van der Waals surface area contributed by atoms with Gasteiger partial charge in [0, 0.05) is 51.3 Å². The first-order valence-electron chi connectivity index (χ1n) is 11.4. The van der Waals surface area contributed by atoms with Crippen LogP contribution in [-0.4, -0.2) is 58.8 Å². The molecule has 0 unspecified atom stereocenters. The summed E-state index contributed by atoms with van der Waals surface area (Å²) in [7, 11) is 0. The van der Waals surface area contributed by atoms with Crippen molar-refractivity contribution >= 4 is 28.8 Å². The molecule has 2 heterocycles. The summed E-state index contributed by atoms with van der Waals surface area (Å²) in [6, 6.07) is 2.52. The maximum Gasteiger partial charge on any atom is 0.266 e. The lowest BCUT2D eigenvalue weighted by molar-refractivity contribution is -0.118. The van der Waals surface area contributed by atoms with E-state index < -0.39 is 11.6 Å². The number of fused-ring (bicyclic) bond motifs is 1. The summed E-state index contributed by atoms with van der Waals surface area (Å²) in [5.41, 5.74) is 3.03. The van der Waals surface area contributed by atoms with Crippen LogP contribution in [0.1, 0.15) is 61.0 Å². The van der Waals surface area contributed by atoms with Crippen LogP contribution in [0.15, 0.2) is 17.6 Å². The third-order valence-corrected chi connectivity index (χ3v) is 6.95. The molecule has 2 amide bonds. The van der Waals surface area contributed by atoms with E-state index >= 15 is 0 Å². The van der Waals surface area contributed by atoms with Crippen molar-refractivity contribution in [2.45, 2.75) is 59.5 Å². The first kappa shape index (κ1) is 25.2. The lowest BCUT2D eigenvalue weighted by Crippen LogP contribution is -2.40. The molecule has 0 saturated heterocycles. The Labute approximate surface area is 198 Å². The van der Waals surface area contributed by atoms with Gasteiger partial charge in [0.05, 0.1) is 16.9 Å². The van der Waals surface area contributed by atoms with Crippen LogP contribution >= 0.6 is 11.3 Å². The highest BCUT2D eigenvalue weighted by molar-refractivity contribution is 7.11. The number of aromatic nitrogens is 1. The van der Waals surface area contributed by atoms with Crippen molar-refractivity contribution in [2.24, 2.45) is 0 Å². The summed E-state index contributed by atoms with van der Waals surface area (Å²) < 4.78 is 28.6. The van der Waals surface area contributed by atoms with Gasteiger partial charge in [-0.3, -0.25) is 9.59 Å². The minimum absolute atomic E-state index is 0.0812. The van der Waals surface area contributed by atoms with Crippen LogP contribution < -0.4 is 4.90 Å².